The van der Waals surface area contributed by atoms with E-state index in [1.165, 1.54) is 12.1 Å². The molecule has 2 heterocycles. The smallest absolute Gasteiger partial charge is 0.321 e. The summed E-state index contributed by atoms with van der Waals surface area (Å²) in [5, 5.41) is 2.94. The molecule has 2 aliphatic heterocycles. The van der Waals surface area contributed by atoms with Crippen LogP contribution in [0.5, 0.6) is 0 Å². The Morgan fingerprint density at radius 3 is 2.13 bits per heavy atom. The van der Waals surface area contributed by atoms with E-state index in [1.807, 2.05) is 40.9 Å². The van der Waals surface area contributed by atoms with Gasteiger partial charge in [-0.15, -0.1) is 0 Å². The molecule has 0 bridgehead atoms. The van der Waals surface area contributed by atoms with E-state index in [-0.39, 0.29) is 17.8 Å². The number of anilines is 2. The summed E-state index contributed by atoms with van der Waals surface area (Å²) in [5.41, 5.74) is 2.64. The minimum Gasteiger partial charge on any atom is -0.368 e. The van der Waals surface area contributed by atoms with Crippen LogP contribution in [0.3, 0.4) is 0 Å². The first-order valence-electron chi connectivity index (χ1n) is 10.6. The number of benzene rings is 2. The van der Waals surface area contributed by atoms with Gasteiger partial charge in [-0.3, -0.25) is 4.79 Å². The van der Waals surface area contributed by atoms with Gasteiger partial charge >= 0.3 is 6.03 Å². The van der Waals surface area contributed by atoms with Gasteiger partial charge in [-0.25, -0.2) is 9.18 Å². The maximum atomic E-state index is 13.1. The summed E-state index contributed by atoms with van der Waals surface area (Å²) in [6.45, 7) is 4.26. The van der Waals surface area contributed by atoms with Crippen molar-refractivity contribution in [2.45, 2.75) is 6.42 Å². The van der Waals surface area contributed by atoms with Crippen molar-refractivity contribution in [2.75, 3.05) is 61.0 Å². The number of amides is 3. The maximum Gasteiger partial charge on any atom is 0.321 e. The highest BCUT2D eigenvalue weighted by Crippen LogP contribution is 2.18. The molecular weight excluding hydrogens is 415 g/mol. The van der Waals surface area contributed by atoms with E-state index in [0.29, 0.717) is 32.6 Å². The van der Waals surface area contributed by atoms with E-state index in [1.54, 1.807) is 17.0 Å². The summed E-state index contributed by atoms with van der Waals surface area (Å²) < 4.78 is 13.1. The molecule has 2 aromatic rings. The minimum atomic E-state index is -0.247. The molecule has 0 aromatic heterocycles. The molecule has 8 heteroatoms. The summed E-state index contributed by atoms with van der Waals surface area (Å²) in [7, 11) is 0. The molecule has 2 fully saturated rings. The summed E-state index contributed by atoms with van der Waals surface area (Å²) in [6, 6.07) is 13.8. The van der Waals surface area contributed by atoms with E-state index in [4.69, 9.17) is 0 Å². The van der Waals surface area contributed by atoms with E-state index >= 15 is 0 Å². The Hall–Kier alpha value is -2.74. The number of rotatable bonds is 4. The van der Waals surface area contributed by atoms with Crippen LogP contribution < -0.4 is 10.2 Å². The monoisotopic (exact) mass is 442 g/mol. The summed E-state index contributed by atoms with van der Waals surface area (Å²) >= 11 is 1.89. The normalized spacial score (nSPS) is 16.9. The third kappa shape index (κ3) is 5.70. The fourth-order valence-electron chi connectivity index (χ4n) is 3.83. The van der Waals surface area contributed by atoms with Crippen molar-refractivity contribution in [3.8, 4) is 0 Å². The first kappa shape index (κ1) is 21.5. The van der Waals surface area contributed by atoms with Crippen LogP contribution in [0.2, 0.25) is 0 Å². The molecule has 3 amide bonds. The molecule has 31 heavy (non-hydrogen) atoms. The Bertz CT molecular complexity index is 893. The summed E-state index contributed by atoms with van der Waals surface area (Å²) in [4.78, 5) is 30.9. The lowest BCUT2D eigenvalue weighted by Crippen LogP contribution is -2.50. The van der Waals surface area contributed by atoms with Gasteiger partial charge in [0, 0.05) is 62.1 Å². The molecule has 2 saturated heterocycles. The number of hydrogen-bond donors (Lipinski definition) is 1. The number of carbonyl (C=O) groups excluding carboxylic acids is 2. The van der Waals surface area contributed by atoms with Gasteiger partial charge in [0.2, 0.25) is 5.91 Å². The van der Waals surface area contributed by atoms with Crippen LogP contribution >= 0.6 is 11.8 Å². The zero-order chi connectivity index (χ0) is 21.6. The van der Waals surface area contributed by atoms with Crippen LogP contribution in [-0.2, 0) is 11.2 Å². The van der Waals surface area contributed by atoms with Crippen LogP contribution in [0.25, 0.3) is 0 Å². The van der Waals surface area contributed by atoms with E-state index < -0.39 is 0 Å². The van der Waals surface area contributed by atoms with Crippen molar-refractivity contribution in [1.29, 1.82) is 0 Å². The number of nitrogens with one attached hydrogen (secondary N) is 1. The largest absolute Gasteiger partial charge is 0.368 e. The number of halogens is 1. The van der Waals surface area contributed by atoms with Gasteiger partial charge in [-0.1, -0.05) is 12.1 Å². The van der Waals surface area contributed by atoms with Gasteiger partial charge in [0.15, 0.2) is 0 Å². The van der Waals surface area contributed by atoms with Crippen LogP contribution in [0.4, 0.5) is 20.6 Å². The number of piperazine rings is 1. The Morgan fingerprint density at radius 1 is 0.839 bits per heavy atom. The van der Waals surface area contributed by atoms with Crippen molar-refractivity contribution in [3.05, 3.63) is 59.9 Å². The van der Waals surface area contributed by atoms with Crippen LogP contribution in [0, 0.1) is 5.82 Å². The highest BCUT2D eigenvalue weighted by molar-refractivity contribution is 7.99. The number of urea groups is 1. The molecule has 4 rings (SSSR count). The van der Waals surface area contributed by atoms with Gasteiger partial charge in [-0.2, -0.15) is 11.8 Å². The highest BCUT2D eigenvalue weighted by atomic mass is 32.2. The van der Waals surface area contributed by atoms with Gasteiger partial charge in [0.05, 0.1) is 6.42 Å². The van der Waals surface area contributed by atoms with Gasteiger partial charge in [0.1, 0.15) is 5.82 Å². The zero-order valence-corrected chi connectivity index (χ0v) is 18.2. The summed E-state index contributed by atoms with van der Waals surface area (Å²) in [6.07, 6.45) is 0.393. The standard InChI is InChI=1S/C23H27FN4O2S/c24-19-3-7-21(8-4-19)26-9-11-28(12-10-26)23(30)25-20-5-1-18(2-6-20)17-22(29)27-13-15-31-16-14-27/h1-8H,9-17H2,(H,25,30). The molecule has 2 aliphatic rings. The number of carbonyl (C=O) groups is 2. The first-order valence-corrected chi connectivity index (χ1v) is 11.7. The second-order valence-corrected chi connectivity index (χ2v) is 8.97. The summed E-state index contributed by atoms with van der Waals surface area (Å²) in [5.74, 6) is 1.93. The lowest BCUT2D eigenvalue weighted by molar-refractivity contribution is -0.130. The van der Waals surface area contributed by atoms with E-state index in [2.05, 4.69) is 10.2 Å². The Balaban J connectivity index is 1.25. The Labute approximate surface area is 186 Å². The second kappa shape index (κ2) is 10.0. The Kier molecular flexibility index (Phi) is 6.96. The van der Waals surface area contributed by atoms with Crippen molar-refractivity contribution in [1.82, 2.24) is 9.80 Å². The number of nitrogens with zero attached hydrogens (tertiary/aromatic N) is 3. The van der Waals surface area contributed by atoms with Crippen molar-refractivity contribution in [2.24, 2.45) is 0 Å². The molecule has 6 nitrogen and oxygen atoms in total. The van der Waals surface area contributed by atoms with Crippen molar-refractivity contribution in [3.63, 3.8) is 0 Å². The molecular formula is C23H27FN4O2S. The third-order valence-corrected chi connectivity index (χ3v) is 6.63. The van der Waals surface area contributed by atoms with Crippen LogP contribution in [0.15, 0.2) is 48.5 Å². The molecule has 1 N–H and O–H groups in total. The molecule has 2 aromatic carbocycles. The molecule has 0 radical (unpaired) electrons. The zero-order valence-electron chi connectivity index (χ0n) is 17.4. The average Bonchev–Trinajstić information content (AvgIpc) is 2.81. The van der Waals surface area contributed by atoms with Crippen molar-refractivity contribution >= 4 is 35.1 Å². The topological polar surface area (TPSA) is 55.9 Å². The third-order valence-electron chi connectivity index (χ3n) is 5.68. The highest BCUT2D eigenvalue weighted by Gasteiger charge is 2.21. The lowest BCUT2D eigenvalue weighted by Gasteiger charge is -2.36. The fraction of sp³-hybridized carbons (Fsp3) is 0.391. The quantitative estimate of drug-likeness (QED) is 0.790. The minimum absolute atomic E-state index is 0.131. The Morgan fingerprint density at radius 2 is 1.48 bits per heavy atom. The SMILES string of the molecule is O=C(Cc1ccc(NC(=O)N2CCN(c3ccc(F)cc3)CC2)cc1)N1CCSCC1. The van der Waals surface area contributed by atoms with Crippen LogP contribution in [0.1, 0.15) is 5.56 Å². The van der Waals surface area contributed by atoms with Gasteiger partial charge in [0.25, 0.3) is 0 Å². The van der Waals surface area contributed by atoms with Gasteiger partial charge < -0.3 is 20.0 Å². The van der Waals surface area contributed by atoms with E-state index in [0.717, 1.165) is 41.5 Å². The average molecular weight is 443 g/mol. The second-order valence-electron chi connectivity index (χ2n) is 7.75. The molecule has 0 unspecified atom stereocenters. The molecule has 164 valence electrons. The van der Waals surface area contributed by atoms with Crippen molar-refractivity contribution < 1.29 is 14.0 Å². The first-order chi connectivity index (χ1) is 15.1. The molecule has 0 spiro atoms. The molecule has 0 saturated carbocycles. The predicted octanol–water partition coefficient (Wildman–Crippen LogP) is 3.30. The van der Waals surface area contributed by atoms with Gasteiger partial charge in [-0.05, 0) is 42.0 Å². The molecule has 0 atom stereocenters. The number of hydrogen-bond acceptors (Lipinski definition) is 4. The predicted molar refractivity (Wildman–Crippen MR) is 123 cm³/mol. The van der Waals surface area contributed by atoms with Crippen LogP contribution in [-0.4, -0.2) is 72.5 Å². The fourth-order valence-corrected chi connectivity index (χ4v) is 4.73. The lowest BCUT2D eigenvalue weighted by atomic mass is 10.1. The number of thioether (sulfide) groups is 1. The maximum absolute atomic E-state index is 13.1. The van der Waals surface area contributed by atoms with E-state index in [9.17, 15) is 14.0 Å². The molecule has 0 aliphatic carbocycles.